The summed E-state index contributed by atoms with van der Waals surface area (Å²) in [4.78, 5) is 13.6. The SMILES string of the molecule is Cc1ccc(OCCS(N)(=O)=O)c([N+](=O)[O-])n1. The summed E-state index contributed by atoms with van der Waals surface area (Å²) in [6, 6.07) is 2.89. The van der Waals surface area contributed by atoms with Gasteiger partial charge in [0.25, 0.3) is 0 Å². The summed E-state index contributed by atoms with van der Waals surface area (Å²) in [5.74, 6) is -0.943. The summed E-state index contributed by atoms with van der Waals surface area (Å²) in [6.07, 6.45) is 0. The zero-order valence-electron chi connectivity index (χ0n) is 8.99. The molecule has 2 N–H and O–H groups in total. The van der Waals surface area contributed by atoms with Crippen LogP contribution in [0.5, 0.6) is 5.75 Å². The number of pyridine rings is 1. The predicted octanol–water partition coefficient (Wildman–Crippen LogP) is -0.0345. The van der Waals surface area contributed by atoms with E-state index in [-0.39, 0.29) is 12.4 Å². The molecule has 1 aromatic rings. The minimum absolute atomic E-state index is 0.0794. The molecule has 0 aliphatic heterocycles. The highest BCUT2D eigenvalue weighted by atomic mass is 32.2. The van der Waals surface area contributed by atoms with Gasteiger partial charge in [0.1, 0.15) is 12.3 Å². The van der Waals surface area contributed by atoms with E-state index in [0.29, 0.717) is 5.69 Å². The average molecular weight is 261 g/mol. The minimum atomic E-state index is -3.65. The fourth-order valence-corrected chi connectivity index (χ4v) is 1.36. The van der Waals surface area contributed by atoms with Crippen LogP contribution in [0.2, 0.25) is 0 Å². The number of ether oxygens (including phenoxy) is 1. The van der Waals surface area contributed by atoms with Crippen LogP contribution >= 0.6 is 0 Å². The van der Waals surface area contributed by atoms with Crippen molar-refractivity contribution >= 4 is 15.8 Å². The number of hydrogen-bond donors (Lipinski definition) is 1. The maximum absolute atomic E-state index is 10.7. The summed E-state index contributed by atoms with van der Waals surface area (Å²) in [5, 5.41) is 15.4. The lowest BCUT2D eigenvalue weighted by atomic mass is 10.3. The minimum Gasteiger partial charge on any atom is -0.485 e. The van der Waals surface area contributed by atoms with Crippen LogP contribution in [0.3, 0.4) is 0 Å². The van der Waals surface area contributed by atoms with Gasteiger partial charge in [-0.05, 0) is 22.0 Å². The van der Waals surface area contributed by atoms with E-state index in [9.17, 15) is 18.5 Å². The van der Waals surface area contributed by atoms with Crippen LogP contribution in [-0.4, -0.2) is 30.7 Å². The molecule has 0 bridgehead atoms. The summed E-state index contributed by atoms with van der Waals surface area (Å²) >= 11 is 0. The zero-order chi connectivity index (χ0) is 13.1. The van der Waals surface area contributed by atoms with E-state index in [2.05, 4.69) is 4.98 Å². The van der Waals surface area contributed by atoms with Gasteiger partial charge in [-0.2, -0.15) is 0 Å². The molecule has 0 fully saturated rings. The molecular weight excluding hydrogens is 250 g/mol. The molecule has 0 saturated heterocycles. The van der Waals surface area contributed by atoms with Crippen LogP contribution in [-0.2, 0) is 10.0 Å². The van der Waals surface area contributed by atoms with Crippen molar-refractivity contribution in [3.05, 3.63) is 27.9 Å². The van der Waals surface area contributed by atoms with E-state index in [1.54, 1.807) is 6.92 Å². The Morgan fingerprint density at radius 3 is 2.71 bits per heavy atom. The second-order valence-corrected chi connectivity index (χ2v) is 4.98. The molecule has 0 saturated carbocycles. The van der Waals surface area contributed by atoms with Crippen molar-refractivity contribution in [3.63, 3.8) is 0 Å². The van der Waals surface area contributed by atoms with Crippen LogP contribution in [0.1, 0.15) is 5.69 Å². The third-order valence-corrected chi connectivity index (χ3v) is 2.51. The Morgan fingerprint density at radius 1 is 1.53 bits per heavy atom. The van der Waals surface area contributed by atoms with Gasteiger partial charge in [0.2, 0.25) is 15.8 Å². The molecule has 0 atom stereocenters. The van der Waals surface area contributed by atoms with E-state index in [4.69, 9.17) is 9.88 Å². The van der Waals surface area contributed by atoms with Crippen LogP contribution in [0.15, 0.2) is 12.1 Å². The van der Waals surface area contributed by atoms with Gasteiger partial charge in [-0.1, -0.05) is 0 Å². The lowest BCUT2D eigenvalue weighted by molar-refractivity contribution is -0.390. The molecule has 0 aliphatic carbocycles. The van der Waals surface area contributed by atoms with Gasteiger partial charge in [0.05, 0.1) is 5.75 Å². The first-order chi connectivity index (χ1) is 7.79. The molecule has 0 spiro atoms. The van der Waals surface area contributed by atoms with Gasteiger partial charge in [-0.3, -0.25) is 0 Å². The molecule has 0 unspecified atom stereocenters. The van der Waals surface area contributed by atoms with Gasteiger partial charge in [-0.15, -0.1) is 0 Å². The lowest BCUT2D eigenvalue weighted by Gasteiger charge is -2.05. The zero-order valence-corrected chi connectivity index (χ0v) is 9.81. The number of nitro groups is 1. The highest BCUT2D eigenvalue weighted by Crippen LogP contribution is 2.24. The van der Waals surface area contributed by atoms with Crippen LogP contribution < -0.4 is 9.88 Å². The van der Waals surface area contributed by atoms with Crippen molar-refractivity contribution in [2.45, 2.75) is 6.92 Å². The average Bonchev–Trinajstić information content (AvgIpc) is 2.18. The largest absolute Gasteiger partial charge is 0.485 e. The Kier molecular flexibility index (Phi) is 3.97. The fraction of sp³-hybridized carbons (Fsp3) is 0.375. The molecule has 94 valence electrons. The molecule has 9 heteroatoms. The van der Waals surface area contributed by atoms with E-state index in [1.165, 1.54) is 12.1 Å². The van der Waals surface area contributed by atoms with Crippen molar-refractivity contribution < 1.29 is 18.1 Å². The van der Waals surface area contributed by atoms with Crippen LogP contribution in [0.4, 0.5) is 5.82 Å². The maximum Gasteiger partial charge on any atom is 0.406 e. The molecule has 1 heterocycles. The lowest BCUT2D eigenvalue weighted by Crippen LogP contribution is -2.21. The van der Waals surface area contributed by atoms with Gasteiger partial charge in [-0.25, -0.2) is 13.6 Å². The Labute approximate surface area is 97.6 Å². The highest BCUT2D eigenvalue weighted by Gasteiger charge is 2.17. The Balaban J connectivity index is 2.81. The van der Waals surface area contributed by atoms with Crippen LogP contribution in [0.25, 0.3) is 0 Å². The predicted molar refractivity (Wildman–Crippen MR) is 59.1 cm³/mol. The third-order valence-electron chi connectivity index (χ3n) is 1.78. The molecule has 1 rings (SSSR count). The maximum atomic E-state index is 10.7. The molecule has 0 aromatic carbocycles. The van der Waals surface area contributed by atoms with E-state index in [1.807, 2.05) is 0 Å². The molecule has 1 aromatic heterocycles. The molecule has 0 amide bonds. The number of hydrogen-bond acceptors (Lipinski definition) is 6. The number of aryl methyl sites for hydroxylation is 1. The first-order valence-corrected chi connectivity index (χ1v) is 6.26. The number of rotatable bonds is 5. The number of sulfonamides is 1. The van der Waals surface area contributed by atoms with Crippen molar-refractivity contribution in [1.82, 2.24) is 4.98 Å². The fourth-order valence-electron chi connectivity index (χ4n) is 1.04. The molecule has 17 heavy (non-hydrogen) atoms. The first kappa shape index (κ1) is 13.3. The van der Waals surface area contributed by atoms with E-state index < -0.39 is 26.5 Å². The molecule has 8 nitrogen and oxygen atoms in total. The standard InChI is InChI=1S/C8H11N3O5S/c1-6-2-3-7(8(10-6)11(12)13)16-4-5-17(9,14)15/h2-3H,4-5H2,1H3,(H2,9,14,15). The second-order valence-electron chi connectivity index (χ2n) is 3.25. The van der Waals surface area contributed by atoms with Crippen molar-refractivity contribution in [2.24, 2.45) is 5.14 Å². The number of aromatic nitrogens is 1. The van der Waals surface area contributed by atoms with Gasteiger partial charge in [0.15, 0.2) is 0 Å². The quantitative estimate of drug-likeness (QED) is 0.585. The van der Waals surface area contributed by atoms with Crippen LogP contribution in [0, 0.1) is 17.0 Å². The molecule has 0 aliphatic rings. The summed E-state index contributed by atoms with van der Waals surface area (Å²) in [7, 11) is -3.65. The van der Waals surface area contributed by atoms with Crippen molar-refractivity contribution in [2.75, 3.05) is 12.4 Å². The Morgan fingerprint density at radius 2 is 2.18 bits per heavy atom. The number of nitrogens with zero attached hydrogens (tertiary/aromatic N) is 2. The Bertz CT molecular complexity index is 528. The number of nitrogens with two attached hydrogens (primary N) is 1. The van der Waals surface area contributed by atoms with Gasteiger partial charge < -0.3 is 14.9 Å². The van der Waals surface area contributed by atoms with E-state index in [0.717, 1.165) is 0 Å². The van der Waals surface area contributed by atoms with E-state index >= 15 is 0 Å². The summed E-state index contributed by atoms with van der Waals surface area (Å²) < 4.78 is 26.3. The summed E-state index contributed by atoms with van der Waals surface area (Å²) in [5.41, 5.74) is 0.468. The monoisotopic (exact) mass is 261 g/mol. The van der Waals surface area contributed by atoms with Crippen molar-refractivity contribution in [1.29, 1.82) is 0 Å². The second kappa shape index (κ2) is 5.06. The Hall–Kier alpha value is -1.74. The topological polar surface area (TPSA) is 125 Å². The first-order valence-electron chi connectivity index (χ1n) is 4.55. The molecular formula is C8H11N3O5S. The molecule has 0 radical (unpaired) electrons. The van der Waals surface area contributed by atoms with Crippen molar-refractivity contribution in [3.8, 4) is 5.75 Å². The third kappa shape index (κ3) is 4.33. The highest BCUT2D eigenvalue weighted by molar-refractivity contribution is 7.89. The number of primary sulfonamides is 1. The summed E-state index contributed by atoms with van der Waals surface area (Å²) in [6.45, 7) is 1.34. The van der Waals surface area contributed by atoms with Gasteiger partial charge >= 0.3 is 5.82 Å². The van der Waals surface area contributed by atoms with Gasteiger partial charge in [0, 0.05) is 6.92 Å². The normalized spacial score (nSPS) is 11.2. The smallest absolute Gasteiger partial charge is 0.406 e.